The highest BCUT2D eigenvalue weighted by atomic mass is 16.1. The Morgan fingerprint density at radius 2 is 1.85 bits per heavy atom. The summed E-state index contributed by atoms with van der Waals surface area (Å²) in [6, 6.07) is 10.00. The molecule has 0 spiro atoms. The summed E-state index contributed by atoms with van der Waals surface area (Å²) in [5, 5.41) is 0. The van der Waals surface area contributed by atoms with Crippen molar-refractivity contribution in [3.8, 4) is 5.69 Å². The normalized spacial score (nSPS) is 11.1. The Morgan fingerprint density at radius 3 is 2.40 bits per heavy atom. The third kappa shape index (κ3) is 2.54. The molecule has 0 aliphatic rings. The molecular formula is C17H22N2O. The second kappa shape index (κ2) is 5.63. The summed E-state index contributed by atoms with van der Waals surface area (Å²) in [7, 11) is 0. The monoisotopic (exact) mass is 270 g/mol. The summed E-state index contributed by atoms with van der Waals surface area (Å²) >= 11 is 0. The number of rotatable bonds is 3. The zero-order valence-electron chi connectivity index (χ0n) is 12.6. The third-order valence-electron chi connectivity index (χ3n) is 3.60. The molecule has 0 bridgehead atoms. The molecular weight excluding hydrogens is 248 g/mol. The predicted octanol–water partition coefficient (Wildman–Crippen LogP) is 3.04. The highest BCUT2D eigenvalue weighted by Crippen LogP contribution is 2.21. The smallest absolute Gasteiger partial charge is 0.259 e. The van der Waals surface area contributed by atoms with Gasteiger partial charge in [0.25, 0.3) is 5.56 Å². The van der Waals surface area contributed by atoms with Gasteiger partial charge in [-0.05, 0) is 37.5 Å². The number of benzene rings is 1. The van der Waals surface area contributed by atoms with E-state index >= 15 is 0 Å². The molecule has 0 saturated carbocycles. The van der Waals surface area contributed by atoms with Crippen LogP contribution in [0.15, 0.2) is 35.1 Å². The van der Waals surface area contributed by atoms with Crippen LogP contribution in [0, 0.1) is 13.8 Å². The Bertz CT molecular complexity index is 684. The molecule has 0 atom stereocenters. The van der Waals surface area contributed by atoms with Crippen molar-refractivity contribution >= 4 is 0 Å². The van der Waals surface area contributed by atoms with Crippen LogP contribution < -0.4 is 11.3 Å². The van der Waals surface area contributed by atoms with Gasteiger partial charge in [0.2, 0.25) is 0 Å². The van der Waals surface area contributed by atoms with E-state index in [1.165, 1.54) is 5.56 Å². The number of nitrogens with zero attached hydrogens (tertiary/aromatic N) is 1. The lowest BCUT2D eigenvalue weighted by atomic mass is 10.0. The van der Waals surface area contributed by atoms with Gasteiger partial charge in [0, 0.05) is 17.8 Å². The molecule has 0 amide bonds. The van der Waals surface area contributed by atoms with E-state index in [2.05, 4.69) is 26.8 Å². The molecule has 0 unspecified atom stereocenters. The van der Waals surface area contributed by atoms with Gasteiger partial charge in [-0.2, -0.15) is 0 Å². The first kappa shape index (κ1) is 14.5. The van der Waals surface area contributed by atoms with E-state index in [1.807, 2.05) is 35.8 Å². The number of aryl methyl sites for hydroxylation is 2. The van der Waals surface area contributed by atoms with Crippen molar-refractivity contribution in [3.63, 3.8) is 0 Å². The molecule has 0 saturated heterocycles. The van der Waals surface area contributed by atoms with Crippen molar-refractivity contribution in [3.05, 3.63) is 63.1 Å². The van der Waals surface area contributed by atoms with Crippen molar-refractivity contribution in [2.75, 3.05) is 0 Å². The number of hydrogen-bond acceptors (Lipinski definition) is 2. The SMILES string of the molecule is Cc1ccc(-n2c(C(C)C)ccc(CN)c2=O)c(C)c1. The summed E-state index contributed by atoms with van der Waals surface area (Å²) in [4.78, 5) is 12.6. The van der Waals surface area contributed by atoms with E-state index in [4.69, 9.17) is 5.73 Å². The van der Waals surface area contributed by atoms with Gasteiger partial charge in [-0.15, -0.1) is 0 Å². The second-order valence-electron chi connectivity index (χ2n) is 5.57. The summed E-state index contributed by atoms with van der Waals surface area (Å²) in [5.41, 5.74) is 10.6. The fourth-order valence-electron chi connectivity index (χ4n) is 2.50. The molecule has 1 aromatic heterocycles. The van der Waals surface area contributed by atoms with Crippen LogP contribution in [0.3, 0.4) is 0 Å². The first-order valence-electron chi connectivity index (χ1n) is 6.98. The molecule has 1 aromatic carbocycles. The molecule has 0 radical (unpaired) electrons. The lowest BCUT2D eigenvalue weighted by Gasteiger charge is -2.19. The average Bonchev–Trinajstić information content (AvgIpc) is 2.39. The first-order chi connectivity index (χ1) is 9.45. The van der Waals surface area contributed by atoms with Gasteiger partial charge in [0.05, 0.1) is 5.69 Å². The third-order valence-corrected chi connectivity index (χ3v) is 3.60. The van der Waals surface area contributed by atoms with Gasteiger partial charge < -0.3 is 5.73 Å². The van der Waals surface area contributed by atoms with Crippen molar-refractivity contribution in [1.29, 1.82) is 0 Å². The molecule has 2 N–H and O–H groups in total. The second-order valence-corrected chi connectivity index (χ2v) is 5.57. The zero-order chi connectivity index (χ0) is 14.9. The van der Waals surface area contributed by atoms with Crippen LogP contribution >= 0.6 is 0 Å². The molecule has 106 valence electrons. The number of aromatic nitrogens is 1. The predicted molar refractivity (Wildman–Crippen MR) is 83.5 cm³/mol. The van der Waals surface area contributed by atoms with Crippen LogP contribution in [-0.4, -0.2) is 4.57 Å². The lowest BCUT2D eigenvalue weighted by Crippen LogP contribution is -2.27. The van der Waals surface area contributed by atoms with Gasteiger partial charge in [-0.25, -0.2) is 0 Å². The van der Waals surface area contributed by atoms with Gasteiger partial charge in [0.15, 0.2) is 0 Å². The topological polar surface area (TPSA) is 48.0 Å². The van der Waals surface area contributed by atoms with Crippen LogP contribution in [0.4, 0.5) is 0 Å². The van der Waals surface area contributed by atoms with E-state index < -0.39 is 0 Å². The number of pyridine rings is 1. The standard InChI is InChI=1S/C17H22N2O/c1-11(2)15-8-6-14(10-18)17(20)19(15)16-7-5-12(3)9-13(16)4/h5-9,11H,10,18H2,1-4H3. The van der Waals surface area contributed by atoms with Gasteiger partial charge in [-0.3, -0.25) is 9.36 Å². The van der Waals surface area contributed by atoms with Crippen molar-refractivity contribution < 1.29 is 0 Å². The Hall–Kier alpha value is -1.87. The molecule has 0 aliphatic carbocycles. The molecule has 2 aromatic rings. The largest absolute Gasteiger partial charge is 0.326 e. The molecule has 3 heteroatoms. The summed E-state index contributed by atoms with van der Waals surface area (Å²) in [6.07, 6.45) is 0. The molecule has 3 nitrogen and oxygen atoms in total. The summed E-state index contributed by atoms with van der Waals surface area (Å²) in [5.74, 6) is 0.273. The van der Waals surface area contributed by atoms with Crippen LogP contribution in [0.5, 0.6) is 0 Å². The Kier molecular flexibility index (Phi) is 4.09. The van der Waals surface area contributed by atoms with Crippen molar-refractivity contribution in [2.24, 2.45) is 5.73 Å². The summed E-state index contributed by atoms with van der Waals surface area (Å²) < 4.78 is 1.81. The number of nitrogens with two attached hydrogens (primary N) is 1. The number of hydrogen-bond donors (Lipinski definition) is 1. The lowest BCUT2D eigenvalue weighted by molar-refractivity contribution is 0.747. The minimum atomic E-state index is -0.00865. The Balaban J connectivity index is 2.80. The Morgan fingerprint density at radius 1 is 1.15 bits per heavy atom. The van der Waals surface area contributed by atoms with Gasteiger partial charge in [0.1, 0.15) is 0 Å². The van der Waals surface area contributed by atoms with Crippen LogP contribution in [0.2, 0.25) is 0 Å². The van der Waals surface area contributed by atoms with Gasteiger partial charge in [-0.1, -0.05) is 37.6 Å². The minimum absolute atomic E-state index is 0.00865. The van der Waals surface area contributed by atoms with E-state index in [0.29, 0.717) is 5.56 Å². The quantitative estimate of drug-likeness (QED) is 0.932. The van der Waals surface area contributed by atoms with Gasteiger partial charge >= 0.3 is 0 Å². The molecule has 2 rings (SSSR count). The van der Waals surface area contributed by atoms with Crippen molar-refractivity contribution in [2.45, 2.75) is 40.2 Å². The van der Waals surface area contributed by atoms with E-state index in [9.17, 15) is 4.79 Å². The highest BCUT2D eigenvalue weighted by molar-refractivity contribution is 5.45. The average molecular weight is 270 g/mol. The zero-order valence-corrected chi connectivity index (χ0v) is 12.6. The van der Waals surface area contributed by atoms with Crippen molar-refractivity contribution in [1.82, 2.24) is 4.57 Å². The molecule has 0 fully saturated rings. The maximum absolute atomic E-state index is 12.6. The molecule has 0 aliphatic heterocycles. The fourth-order valence-corrected chi connectivity index (χ4v) is 2.50. The fraction of sp³-hybridized carbons (Fsp3) is 0.353. The highest BCUT2D eigenvalue weighted by Gasteiger charge is 2.14. The summed E-state index contributed by atoms with van der Waals surface area (Å²) in [6.45, 7) is 8.54. The van der Waals surface area contributed by atoms with E-state index in [-0.39, 0.29) is 18.0 Å². The van der Waals surface area contributed by atoms with E-state index in [0.717, 1.165) is 16.9 Å². The first-order valence-corrected chi connectivity index (χ1v) is 6.98. The van der Waals surface area contributed by atoms with Crippen LogP contribution in [0.25, 0.3) is 5.69 Å². The Labute approximate surface area is 120 Å². The van der Waals surface area contributed by atoms with Crippen LogP contribution in [0.1, 0.15) is 42.1 Å². The minimum Gasteiger partial charge on any atom is -0.326 e. The van der Waals surface area contributed by atoms with Crippen LogP contribution in [-0.2, 0) is 6.54 Å². The molecule has 20 heavy (non-hydrogen) atoms. The van der Waals surface area contributed by atoms with E-state index in [1.54, 1.807) is 0 Å². The maximum atomic E-state index is 12.6. The molecule has 1 heterocycles. The maximum Gasteiger partial charge on any atom is 0.259 e.